The molecule has 1 saturated heterocycles. The Morgan fingerprint density at radius 2 is 2.16 bits per heavy atom. The molecule has 2 unspecified atom stereocenters. The highest BCUT2D eigenvalue weighted by molar-refractivity contribution is 8.00. The third-order valence-electron chi connectivity index (χ3n) is 3.06. The lowest BCUT2D eigenvalue weighted by Gasteiger charge is -2.29. The van der Waals surface area contributed by atoms with Gasteiger partial charge in [0.2, 0.25) is 5.91 Å². The number of amides is 1. The molecule has 2 atom stereocenters. The van der Waals surface area contributed by atoms with Gasteiger partial charge in [-0.05, 0) is 19.3 Å². The fourth-order valence-corrected chi connectivity index (χ4v) is 3.64. The summed E-state index contributed by atoms with van der Waals surface area (Å²) in [6.07, 6.45) is 0.999. The molecule has 1 amide bonds. The van der Waals surface area contributed by atoms with Crippen LogP contribution in [0.1, 0.15) is 33.6 Å². The minimum Gasteiger partial charge on any atom is -0.480 e. The third-order valence-corrected chi connectivity index (χ3v) is 4.68. The van der Waals surface area contributed by atoms with Crippen molar-refractivity contribution >= 4 is 23.6 Å². The lowest BCUT2D eigenvalue weighted by Crippen LogP contribution is -2.47. The van der Waals surface area contributed by atoms with Crippen LogP contribution in [0.25, 0.3) is 0 Å². The summed E-state index contributed by atoms with van der Waals surface area (Å²) in [5.41, 5.74) is 0. The number of aliphatic carboxylic acids is 1. The summed E-state index contributed by atoms with van der Waals surface area (Å²) in [5, 5.41) is 9.18. The Morgan fingerprint density at radius 1 is 1.47 bits per heavy atom. The molecular formula is C13H23NO4S. The molecule has 1 heterocycles. The Labute approximate surface area is 118 Å². The number of carboxylic acid groups (broad SMARTS) is 1. The molecule has 1 aliphatic heterocycles. The van der Waals surface area contributed by atoms with Gasteiger partial charge in [-0.2, -0.15) is 0 Å². The molecule has 0 radical (unpaired) electrons. The first-order valence-electron chi connectivity index (χ1n) is 6.72. The summed E-state index contributed by atoms with van der Waals surface area (Å²) in [6.45, 7) is 7.13. The average Bonchev–Trinajstić information content (AvgIpc) is 2.79. The molecule has 0 aromatic rings. The first-order chi connectivity index (χ1) is 8.99. The average molecular weight is 289 g/mol. The van der Waals surface area contributed by atoms with Crippen molar-refractivity contribution in [2.45, 2.75) is 45.0 Å². The van der Waals surface area contributed by atoms with Crippen molar-refractivity contribution in [3.8, 4) is 0 Å². The van der Waals surface area contributed by atoms with Gasteiger partial charge in [0.25, 0.3) is 0 Å². The molecule has 6 heteroatoms. The maximum atomic E-state index is 12.2. The summed E-state index contributed by atoms with van der Waals surface area (Å²) < 4.78 is 5.20. The van der Waals surface area contributed by atoms with Gasteiger partial charge < -0.3 is 14.7 Å². The summed E-state index contributed by atoms with van der Waals surface area (Å²) >= 11 is 1.56. The van der Waals surface area contributed by atoms with E-state index >= 15 is 0 Å². The second-order valence-electron chi connectivity index (χ2n) is 4.92. The first kappa shape index (κ1) is 16.3. The molecule has 0 spiro atoms. The zero-order valence-corrected chi connectivity index (χ0v) is 12.6. The molecular weight excluding hydrogens is 266 g/mol. The quantitative estimate of drug-likeness (QED) is 0.724. The van der Waals surface area contributed by atoms with E-state index < -0.39 is 12.0 Å². The Hall–Kier alpha value is -0.750. The molecule has 1 N–H and O–H groups in total. The number of carbonyl (C=O) groups excluding carboxylic acids is 1. The van der Waals surface area contributed by atoms with Crippen LogP contribution in [0, 0.1) is 5.92 Å². The molecule has 1 fully saturated rings. The molecule has 19 heavy (non-hydrogen) atoms. The molecule has 0 aromatic carbocycles. The van der Waals surface area contributed by atoms with Crippen LogP contribution in [0.3, 0.4) is 0 Å². The van der Waals surface area contributed by atoms with E-state index in [9.17, 15) is 14.7 Å². The summed E-state index contributed by atoms with van der Waals surface area (Å²) in [6, 6.07) is -0.683. The van der Waals surface area contributed by atoms with E-state index in [1.165, 1.54) is 0 Å². The van der Waals surface area contributed by atoms with Crippen molar-refractivity contribution in [3.05, 3.63) is 0 Å². The maximum absolute atomic E-state index is 12.2. The van der Waals surface area contributed by atoms with Crippen LogP contribution in [0.15, 0.2) is 0 Å². The Morgan fingerprint density at radius 3 is 2.68 bits per heavy atom. The third kappa shape index (κ3) is 4.38. The van der Waals surface area contributed by atoms with Gasteiger partial charge in [-0.15, -0.1) is 11.8 Å². The van der Waals surface area contributed by atoms with Crippen molar-refractivity contribution in [3.63, 3.8) is 0 Å². The summed E-state index contributed by atoms with van der Waals surface area (Å²) in [7, 11) is 0. The fourth-order valence-electron chi connectivity index (χ4n) is 2.15. The minimum absolute atomic E-state index is 0.0271. The topological polar surface area (TPSA) is 66.8 Å². The molecule has 1 aliphatic rings. The van der Waals surface area contributed by atoms with Gasteiger partial charge in [0.05, 0.1) is 5.37 Å². The highest BCUT2D eigenvalue weighted by atomic mass is 32.2. The SMILES string of the molecule is CCOCCCC(=O)N1C(C(=O)O)CSC1C(C)C. The number of thioether (sulfide) groups is 1. The van der Waals surface area contributed by atoms with Gasteiger partial charge in [-0.25, -0.2) is 4.79 Å². The van der Waals surface area contributed by atoms with Crippen LogP contribution in [-0.4, -0.2) is 52.3 Å². The summed E-state index contributed by atoms with van der Waals surface area (Å²) in [5.74, 6) is -0.246. The van der Waals surface area contributed by atoms with Crippen molar-refractivity contribution < 1.29 is 19.4 Å². The lowest BCUT2D eigenvalue weighted by molar-refractivity contribution is -0.149. The summed E-state index contributed by atoms with van der Waals surface area (Å²) in [4.78, 5) is 25.0. The minimum atomic E-state index is -0.909. The molecule has 1 rings (SSSR count). The van der Waals surface area contributed by atoms with Gasteiger partial charge in [-0.3, -0.25) is 4.79 Å². The Balaban J connectivity index is 2.62. The number of ether oxygens (including phenoxy) is 1. The number of carbonyl (C=O) groups is 2. The van der Waals surface area contributed by atoms with Crippen molar-refractivity contribution in [2.75, 3.05) is 19.0 Å². The van der Waals surface area contributed by atoms with Crippen LogP contribution >= 0.6 is 11.8 Å². The van der Waals surface area contributed by atoms with Crippen molar-refractivity contribution in [1.29, 1.82) is 0 Å². The van der Waals surface area contributed by atoms with E-state index in [1.54, 1.807) is 16.7 Å². The van der Waals surface area contributed by atoms with E-state index in [0.29, 0.717) is 31.8 Å². The second-order valence-corrected chi connectivity index (χ2v) is 6.07. The van der Waals surface area contributed by atoms with E-state index in [2.05, 4.69) is 0 Å². The van der Waals surface area contributed by atoms with E-state index in [0.717, 1.165) is 0 Å². The number of hydrogen-bond acceptors (Lipinski definition) is 4. The van der Waals surface area contributed by atoms with Gasteiger partial charge >= 0.3 is 5.97 Å². The molecule has 0 aliphatic carbocycles. The predicted octanol–water partition coefficient (Wildman–Crippen LogP) is 1.81. The molecule has 0 aromatic heterocycles. The highest BCUT2D eigenvalue weighted by Gasteiger charge is 2.42. The highest BCUT2D eigenvalue weighted by Crippen LogP contribution is 2.34. The first-order valence-corrected chi connectivity index (χ1v) is 7.77. The van der Waals surface area contributed by atoms with Crippen molar-refractivity contribution in [1.82, 2.24) is 4.90 Å². The van der Waals surface area contributed by atoms with E-state index in [-0.39, 0.29) is 17.2 Å². The van der Waals surface area contributed by atoms with Gasteiger partial charge in [0.15, 0.2) is 0 Å². The van der Waals surface area contributed by atoms with Gasteiger partial charge in [-0.1, -0.05) is 13.8 Å². The van der Waals surface area contributed by atoms with Crippen LogP contribution in [0.2, 0.25) is 0 Å². The molecule has 0 bridgehead atoms. The maximum Gasteiger partial charge on any atom is 0.327 e. The molecule has 5 nitrogen and oxygen atoms in total. The lowest BCUT2D eigenvalue weighted by atomic mass is 10.1. The fraction of sp³-hybridized carbons (Fsp3) is 0.846. The second kappa shape index (κ2) is 7.75. The zero-order valence-electron chi connectivity index (χ0n) is 11.8. The predicted molar refractivity (Wildman–Crippen MR) is 75.1 cm³/mol. The van der Waals surface area contributed by atoms with E-state index in [1.807, 2.05) is 20.8 Å². The number of rotatable bonds is 7. The van der Waals surface area contributed by atoms with Crippen molar-refractivity contribution in [2.24, 2.45) is 5.92 Å². The van der Waals surface area contributed by atoms with Gasteiger partial charge in [0, 0.05) is 25.4 Å². The van der Waals surface area contributed by atoms with Crippen LogP contribution in [0.5, 0.6) is 0 Å². The Kier molecular flexibility index (Phi) is 6.65. The number of hydrogen-bond donors (Lipinski definition) is 1. The Bertz CT molecular complexity index is 322. The number of carboxylic acids is 1. The smallest absolute Gasteiger partial charge is 0.327 e. The standard InChI is InChI=1S/C13H23NO4S/c1-4-18-7-5-6-11(15)14-10(13(16)17)8-19-12(14)9(2)3/h9-10,12H,4-8H2,1-3H3,(H,16,17). The largest absolute Gasteiger partial charge is 0.480 e. The number of nitrogens with zero attached hydrogens (tertiary/aromatic N) is 1. The van der Waals surface area contributed by atoms with Gasteiger partial charge in [0.1, 0.15) is 6.04 Å². The monoisotopic (exact) mass is 289 g/mol. The normalized spacial score (nSPS) is 23.1. The van der Waals surface area contributed by atoms with Crippen LogP contribution < -0.4 is 0 Å². The zero-order chi connectivity index (χ0) is 14.4. The molecule has 0 saturated carbocycles. The van der Waals surface area contributed by atoms with Crippen LogP contribution in [0.4, 0.5) is 0 Å². The molecule has 110 valence electrons. The van der Waals surface area contributed by atoms with Crippen LogP contribution in [-0.2, 0) is 14.3 Å². The van der Waals surface area contributed by atoms with E-state index in [4.69, 9.17) is 4.74 Å².